The number of halogens is 3. The number of ether oxygens (including phenoxy) is 1. The predicted octanol–water partition coefficient (Wildman–Crippen LogP) is 3.60. The van der Waals surface area contributed by atoms with E-state index in [-0.39, 0.29) is 11.5 Å². The number of carboxylic acids is 1. The fourth-order valence-electron chi connectivity index (χ4n) is 4.24. The molecule has 11 heteroatoms. The van der Waals surface area contributed by atoms with Gasteiger partial charge in [-0.2, -0.15) is 17.5 Å². The van der Waals surface area contributed by atoms with Crippen LogP contribution >= 0.6 is 0 Å². The number of para-hydroxylation sites is 1. The number of hydrogen-bond acceptors (Lipinski definition) is 5. The van der Waals surface area contributed by atoms with Crippen LogP contribution in [0.4, 0.5) is 13.2 Å². The molecule has 0 bridgehead atoms. The van der Waals surface area contributed by atoms with Crippen molar-refractivity contribution in [1.29, 1.82) is 0 Å². The molecule has 0 unspecified atom stereocenters. The minimum Gasteiger partial charge on any atom is -0.492 e. The standard InChI is InChI=1S/C20H30N2O3S.C2HF3O2/c1-16(2)22-14-20(9-11-21(12-10-20)13-17-7-8-17)15-25-18-5-3-4-6-19(18)26(22,23)24;3-2(4,5)1(6)7/h3-6,16-17H,7-15H2,1-2H3;(H,6,7). The Morgan fingerprint density at radius 3 is 2.30 bits per heavy atom. The number of aliphatic carboxylic acids is 1. The molecule has 7 nitrogen and oxygen atoms in total. The van der Waals surface area contributed by atoms with E-state index >= 15 is 0 Å². The van der Waals surface area contributed by atoms with Crippen molar-refractivity contribution in [2.75, 3.05) is 32.8 Å². The average molecular weight is 493 g/mol. The number of hydrogen-bond donors (Lipinski definition) is 1. The maximum atomic E-state index is 13.3. The molecule has 1 aromatic carbocycles. The van der Waals surface area contributed by atoms with Crippen molar-refractivity contribution in [2.45, 2.75) is 56.6 Å². The molecule has 33 heavy (non-hydrogen) atoms. The maximum Gasteiger partial charge on any atom is 0.490 e. The minimum absolute atomic E-state index is 0.0625. The van der Waals surface area contributed by atoms with E-state index in [2.05, 4.69) is 4.90 Å². The fourth-order valence-corrected chi connectivity index (χ4v) is 6.12. The summed E-state index contributed by atoms with van der Waals surface area (Å²) in [5.74, 6) is -1.36. The molecule has 1 N–H and O–H groups in total. The molecular weight excluding hydrogens is 461 g/mol. The van der Waals surface area contributed by atoms with E-state index in [1.165, 1.54) is 19.4 Å². The van der Waals surface area contributed by atoms with Gasteiger partial charge in [-0.05, 0) is 70.7 Å². The van der Waals surface area contributed by atoms with Gasteiger partial charge in [-0.1, -0.05) is 12.1 Å². The quantitative estimate of drug-likeness (QED) is 0.694. The third kappa shape index (κ3) is 6.39. The van der Waals surface area contributed by atoms with Gasteiger partial charge >= 0.3 is 12.1 Å². The van der Waals surface area contributed by atoms with E-state index in [1.54, 1.807) is 22.5 Å². The van der Waals surface area contributed by atoms with Gasteiger partial charge in [0.05, 0.1) is 6.61 Å². The number of fused-ring (bicyclic) bond motifs is 1. The lowest BCUT2D eigenvalue weighted by atomic mass is 9.78. The Morgan fingerprint density at radius 2 is 1.79 bits per heavy atom. The van der Waals surface area contributed by atoms with Gasteiger partial charge in [0.15, 0.2) is 0 Å². The lowest BCUT2D eigenvalue weighted by Crippen LogP contribution is -2.53. The molecule has 1 aliphatic carbocycles. The zero-order valence-corrected chi connectivity index (χ0v) is 19.7. The fraction of sp³-hybridized carbons (Fsp3) is 0.682. The summed E-state index contributed by atoms with van der Waals surface area (Å²) in [5, 5.41) is 7.12. The summed E-state index contributed by atoms with van der Waals surface area (Å²) < 4.78 is 66.1. The van der Waals surface area contributed by atoms with Gasteiger partial charge in [0.25, 0.3) is 0 Å². The van der Waals surface area contributed by atoms with E-state index in [0.717, 1.165) is 31.8 Å². The lowest BCUT2D eigenvalue weighted by molar-refractivity contribution is -0.192. The van der Waals surface area contributed by atoms with Gasteiger partial charge in [-0.3, -0.25) is 0 Å². The van der Waals surface area contributed by atoms with Gasteiger partial charge in [0.1, 0.15) is 10.6 Å². The summed E-state index contributed by atoms with van der Waals surface area (Å²) in [4.78, 5) is 11.8. The molecule has 4 rings (SSSR count). The van der Waals surface area contributed by atoms with Gasteiger partial charge < -0.3 is 14.7 Å². The predicted molar refractivity (Wildman–Crippen MR) is 115 cm³/mol. The molecule has 1 saturated carbocycles. The summed E-state index contributed by atoms with van der Waals surface area (Å²) in [6, 6.07) is 7.00. The third-order valence-electron chi connectivity index (χ3n) is 6.41. The van der Waals surface area contributed by atoms with Gasteiger partial charge in [0.2, 0.25) is 10.0 Å². The van der Waals surface area contributed by atoms with Gasteiger partial charge in [0, 0.05) is 24.5 Å². The Hall–Kier alpha value is -1.85. The summed E-state index contributed by atoms with van der Waals surface area (Å²) in [5.41, 5.74) is -0.0923. The molecule has 0 atom stereocenters. The van der Waals surface area contributed by atoms with Crippen molar-refractivity contribution in [2.24, 2.45) is 11.3 Å². The van der Waals surface area contributed by atoms with Crippen LogP contribution in [0.3, 0.4) is 0 Å². The molecule has 2 heterocycles. The first kappa shape index (κ1) is 25.8. The Labute approximate surface area is 192 Å². The highest BCUT2D eigenvalue weighted by Crippen LogP contribution is 2.40. The van der Waals surface area contributed by atoms with Crippen LogP contribution in [0.2, 0.25) is 0 Å². The molecule has 1 aromatic rings. The van der Waals surface area contributed by atoms with Crippen LogP contribution in [0, 0.1) is 11.3 Å². The number of carboxylic acid groups (broad SMARTS) is 1. The second-order valence-electron chi connectivity index (χ2n) is 9.43. The maximum absolute atomic E-state index is 13.3. The van der Waals surface area contributed by atoms with Crippen LogP contribution in [-0.2, 0) is 14.8 Å². The average Bonchev–Trinajstić information content (AvgIpc) is 3.55. The molecule has 0 radical (unpaired) electrons. The largest absolute Gasteiger partial charge is 0.492 e. The van der Waals surface area contributed by atoms with Crippen LogP contribution < -0.4 is 4.74 Å². The highest BCUT2D eigenvalue weighted by molar-refractivity contribution is 7.89. The number of alkyl halides is 3. The Bertz CT molecular complexity index is 940. The number of benzene rings is 1. The number of likely N-dealkylation sites (tertiary alicyclic amines) is 1. The SMILES string of the molecule is CC(C)N1CC2(CCN(CC3CC3)CC2)COc2ccccc2S1(=O)=O.O=C(O)C(F)(F)F. The summed E-state index contributed by atoms with van der Waals surface area (Å²) in [6.07, 6.45) is -0.330. The first-order valence-corrected chi connectivity index (χ1v) is 12.5. The molecule has 1 spiro atoms. The first-order valence-electron chi connectivity index (χ1n) is 11.1. The normalized spacial score (nSPS) is 23.0. The molecule has 0 aromatic heterocycles. The third-order valence-corrected chi connectivity index (χ3v) is 8.47. The van der Waals surface area contributed by atoms with Crippen LogP contribution in [0.25, 0.3) is 0 Å². The van der Waals surface area contributed by atoms with Crippen LogP contribution in [-0.4, -0.2) is 73.7 Å². The molecule has 3 aliphatic rings. The summed E-state index contributed by atoms with van der Waals surface area (Å²) in [7, 11) is -3.55. The molecular formula is C22H31F3N2O5S. The van der Waals surface area contributed by atoms with Crippen molar-refractivity contribution >= 4 is 16.0 Å². The van der Waals surface area contributed by atoms with Crippen molar-refractivity contribution in [1.82, 2.24) is 9.21 Å². The second kappa shape index (κ2) is 9.79. The van der Waals surface area contributed by atoms with Crippen LogP contribution in [0.1, 0.15) is 39.5 Å². The molecule has 1 saturated heterocycles. The van der Waals surface area contributed by atoms with E-state index in [1.807, 2.05) is 19.9 Å². The van der Waals surface area contributed by atoms with E-state index in [4.69, 9.17) is 14.6 Å². The molecule has 2 aliphatic heterocycles. The monoisotopic (exact) mass is 492 g/mol. The molecule has 0 amide bonds. The van der Waals surface area contributed by atoms with Crippen LogP contribution in [0.5, 0.6) is 5.75 Å². The molecule has 2 fully saturated rings. The number of carbonyl (C=O) groups is 1. The smallest absolute Gasteiger partial charge is 0.490 e. The number of sulfonamides is 1. The topological polar surface area (TPSA) is 87.2 Å². The zero-order chi connectivity index (χ0) is 24.4. The second-order valence-corrected chi connectivity index (χ2v) is 11.3. The van der Waals surface area contributed by atoms with E-state index in [9.17, 15) is 21.6 Å². The Kier molecular flexibility index (Phi) is 7.65. The number of piperidine rings is 1. The van der Waals surface area contributed by atoms with Crippen LogP contribution in [0.15, 0.2) is 29.2 Å². The number of nitrogens with zero attached hydrogens (tertiary/aromatic N) is 2. The first-order chi connectivity index (χ1) is 15.3. The molecule has 186 valence electrons. The highest BCUT2D eigenvalue weighted by atomic mass is 32.2. The van der Waals surface area contributed by atoms with Crippen molar-refractivity contribution < 1.29 is 36.2 Å². The van der Waals surface area contributed by atoms with Crippen molar-refractivity contribution in [3.05, 3.63) is 24.3 Å². The Balaban J connectivity index is 0.000000383. The lowest BCUT2D eigenvalue weighted by Gasteiger charge is -2.45. The number of rotatable bonds is 3. The Morgan fingerprint density at radius 1 is 1.21 bits per heavy atom. The van der Waals surface area contributed by atoms with E-state index in [0.29, 0.717) is 23.8 Å². The van der Waals surface area contributed by atoms with Gasteiger partial charge in [-0.25, -0.2) is 13.2 Å². The van der Waals surface area contributed by atoms with Crippen molar-refractivity contribution in [3.63, 3.8) is 0 Å². The minimum atomic E-state index is -5.08. The summed E-state index contributed by atoms with van der Waals surface area (Å²) in [6.45, 7) is 8.41. The van der Waals surface area contributed by atoms with E-state index < -0.39 is 22.2 Å². The summed E-state index contributed by atoms with van der Waals surface area (Å²) >= 11 is 0. The zero-order valence-electron chi connectivity index (χ0n) is 18.8. The van der Waals surface area contributed by atoms with Crippen molar-refractivity contribution in [3.8, 4) is 5.75 Å². The highest BCUT2D eigenvalue weighted by Gasteiger charge is 2.44. The van der Waals surface area contributed by atoms with Gasteiger partial charge in [-0.15, -0.1) is 0 Å².